The quantitative estimate of drug-likeness (QED) is 0.751. The molecule has 2 saturated carbocycles. The van der Waals surface area contributed by atoms with Gasteiger partial charge in [0.25, 0.3) is 0 Å². The van der Waals surface area contributed by atoms with Crippen molar-refractivity contribution in [3.63, 3.8) is 0 Å². The number of nitrogens with two attached hydrogens (primary N) is 1. The van der Waals surface area contributed by atoms with Crippen LogP contribution in [0.1, 0.15) is 45.4 Å². The van der Waals surface area contributed by atoms with Crippen LogP contribution in [0.15, 0.2) is 0 Å². The van der Waals surface area contributed by atoms with E-state index in [4.69, 9.17) is 5.73 Å². The smallest absolute Gasteiger partial charge is 0.242 e. The largest absolute Gasteiger partial charge is 0.341 e. The molecule has 2 aliphatic rings. The van der Waals surface area contributed by atoms with Crippen molar-refractivity contribution < 1.29 is 4.79 Å². The van der Waals surface area contributed by atoms with Crippen LogP contribution in [0.25, 0.3) is 0 Å². The molecule has 3 heteroatoms. The Bertz CT molecular complexity index is 252. The average molecular weight is 210 g/mol. The molecule has 0 unspecified atom stereocenters. The molecule has 2 aliphatic carbocycles. The summed E-state index contributed by atoms with van der Waals surface area (Å²) in [6.07, 6.45) is 6.55. The molecular formula is C12H22N2O. The first-order valence-corrected chi connectivity index (χ1v) is 6.09. The number of hydrogen-bond acceptors (Lipinski definition) is 2. The second kappa shape index (κ2) is 3.78. The Balaban J connectivity index is 1.90. The van der Waals surface area contributed by atoms with Gasteiger partial charge in [0.2, 0.25) is 5.91 Å². The Morgan fingerprint density at radius 2 is 1.80 bits per heavy atom. The third-order valence-corrected chi connectivity index (χ3v) is 4.07. The van der Waals surface area contributed by atoms with E-state index in [-0.39, 0.29) is 5.91 Å². The Labute approximate surface area is 92.0 Å². The van der Waals surface area contributed by atoms with Crippen LogP contribution >= 0.6 is 0 Å². The van der Waals surface area contributed by atoms with E-state index < -0.39 is 5.54 Å². The van der Waals surface area contributed by atoms with Gasteiger partial charge in [0.1, 0.15) is 0 Å². The van der Waals surface area contributed by atoms with Crippen LogP contribution in [0.3, 0.4) is 0 Å². The fraction of sp³-hybridized carbons (Fsp3) is 0.917. The standard InChI is InChI=1S/C12H22N2O/c1-9-3-5-10(6-4-9)14(2)11(15)12(13)7-8-12/h9-10H,3-8,13H2,1-2H3. The number of amides is 1. The van der Waals surface area contributed by atoms with Crippen molar-refractivity contribution in [2.75, 3.05) is 7.05 Å². The number of rotatable bonds is 2. The highest BCUT2D eigenvalue weighted by atomic mass is 16.2. The molecule has 0 bridgehead atoms. The lowest BCUT2D eigenvalue weighted by Gasteiger charge is -2.35. The van der Waals surface area contributed by atoms with Crippen molar-refractivity contribution in [3.05, 3.63) is 0 Å². The summed E-state index contributed by atoms with van der Waals surface area (Å²) in [6.45, 7) is 2.29. The molecular weight excluding hydrogens is 188 g/mol. The van der Waals surface area contributed by atoms with E-state index in [2.05, 4.69) is 6.92 Å². The molecule has 15 heavy (non-hydrogen) atoms. The van der Waals surface area contributed by atoms with Crippen molar-refractivity contribution in [2.45, 2.75) is 57.0 Å². The number of carbonyl (C=O) groups excluding carboxylic acids is 1. The lowest BCUT2D eigenvalue weighted by Crippen LogP contribution is -2.49. The Hall–Kier alpha value is -0.570. The van der Waals surface area contributed by atoms with Crippen molar-refractivity contribution in [1.82, 2.24) is 4.90 Å². The predicted octanol–water partition coefficient (Wildman–Crippen LogP) is 1.51. The summed E-state index contributed by atoms with van der Waals surface area (Å²) in [7, 11) is 1.93. The highest BCUT2D eigenvalue weighted by molar-refractivity contribution is 5.89. The van der Waals surface area contributed by atoms with Gasteiger partial charge in [-0.15, -0.1) is 0 Å². The monoisotopic (exact) mass is 210 g/mol. The molecule has 86 valence electrons. The van der Waals surface area contributed by atoms with Gasteiger partial charge in [-0.25, -0.2) is 0 Å². The third kappa shape index (κ3) is 2.17. The summed E-state index contributed by atoms with van der Waals surface area (Å²) in [5.41, 5.74) is 5.45. The van der Waals surface area contributed by atoms with E-state index in [0.29, 0.717) is 6.04 Å². The molecule has 0 radical (unpaired) electrons. The highest BCUT2D eigenvalue weighted by Gasteiger charge is 2.48. The molecule has 0 saturated heterocycles. The van der Waals surface area contributed by atoms with Crippen LogP contribution in [0, 0.1) is 5.92 Å². The van der Waals surface area contributed by atoms with Crippen molar-refractivity contribution in [2.24, 2.45) is 11.7 Å². The van der Waals surface area contributed by atoms with Crippen LogP contribution < -0.4 is 5.73 Å². The first-order valence-electron chi connectivity index (χ1n) is 6.09. The molecule has 0 heterocycles. The maximum atomic E-state index is 12.0. The molecule has 0 aliphatic heterocycles. The minimum atomic E-state index is -0.488. The summed E-state index contributed by atoms with van der Waals surface area (Å²) in [5.74, 6) is 1.000. The molecule has 0 atom stereocenters. The number of likely N-dealkylation sites (N-methyl/N-ethyl adjacent to an activating group) is 1. The second-order valence-electron chi connectivity index (χ2n) is 5.49. The topological polar surface area (TPSA) is 46.3 Å². The minimum absolute atomic E-state index is 0.169. The summed E-state index contributed by atoms with van der Waals surface area (Å²) < 4.78 is 0. The maximum Gasteiger partial charge on any atom is 0.242 e. The van der Waals surface area contributed by atoms with Crippen LogP contribution in [0.2, 0.25) is 0 Å². The summed E-state index contributed by atoms with van der Waals surface area (Å²) in [4.78, 5) is 13.9. The SMILES string of the molecule is CC1CCC(N(C)C(=O)C2(N)CC2)CC1. The van der Waals surface area contributed by atoms with Gasteiger partial charge in [0, 0.05) is 13.1 Å². The lowest BCUT2D eigenvalue weighted by molar-refractivity contribution is -0.135. The number of nitrogens with zero attached hydrogens (tertiary/aromatic N) is 1. The van der Waals surface area contributed by atoms with Gasteiger partial charge in [0.15, 0.2) is 0 Å². The Morgan fingerprint density at radius 1 is 1.27 bits per heavy atom. The third-order valence-electron chi connectivity index (χ3n) is 4.07. The van der Waals surface area contributed by atoms with Crippen molar-refractivity contribution in [1.29, 1.82) is 0 Å². The molecule has 3 nitrogen and oxygen atoms in total. The molecule has 0 spiro atoms. The van der Waals surface area contributed by atoms with Gasteiger partial charge in [-0.1, -0.05) is 6.92 Å². The van der Waals surface area contributed by atoms with E-state index in [0.717, 1.165) is 31.6 Å². The van der Waals surface area contributed by atoms with Crippen LogP contribution in [0.5, 0.6) is 0 Å². The maximum absolute atomic E-state index is 12.0. The first-order chi connectivity index (χ1) is 7.03. The molecule has 1 amide bonds. The predicted molar refractivity (Wildman–Crippen MR) is 60.3 cm³/mol. The molecule has 2 N–H and O–H groups in total. The van der Waals surface area contributed by atoms with Crippen LogP contribution in [-0.4, -0.2) is 29.4 Å². The highest BCUT2D eigenvalue weighted by Crippen LogP contribution is 2.36. The minimum Gasteiger partial charge on any atom is -0.341 e. The van der Waals surface area contributed by atoms with E-state index in [1.165, 1.54) is 12.8 Å². The first kappa shape index (κ1) is 10.9. The van der Waals surface area contributed by atoms with Crippen molar-refractivity contribution >= 4 is 5.91 Å². The molecule has 2 fully saturated rings. The van der Waals surface area contributed by atoms with Gasteiger partial charge >= 0.3 is 0 Å². The lowest BCUT2D eigenvalue weighted by atomic mass is 9.86. The second-order valence-corrected chi connectivity index (χ2v) is 5.49. The van der Waals surface area contributed by atoms with E-state index >= 15 is 0 Å². The summed E-state index contributed by atoms with van der Waals surface area (Å²) >= 11 is 0. The summed E-state index contributed by atoms with van der Waals surface area (Å²) in [6, 6.07) is 0.440. The summed E-state index contributed by atoms with van der Waals surface area (Å²) in [5, 5.41) is 0. The Kier molecular flexibility index (Phi) is 2.75. The number of carbonyl (C=O) groups is 1. The van der Waals surface area contributed by atoms with Gasteiger partial charge in [0.05, 0.1) is 5.54 Å². The number of hydrogen-bond donors (Lipinski definition) is 1. The normalized spacial score (nSPS) is 33.5. The zero-order valence-electron chi connectivity index (χ0n) is 9.83. The fourth-order valence-electron chi connectivity index (χ4n) is 2.50. The van der Waals surface area contributed by atoms with Gasteiger partial charge in [-0.3, -0.25) is 4.79 Å². The molecule has 0 aromatic rings. The van der Waals surface area contributed by atoms with E-state index in [1.807, 2.05) is 11.9 Å². The van der Waals surface area contributed by atoms with Gasteiger partial charge in [-0.2, -0.15) is 0 Å². The van der Waals surface area contributed by atoms with Crippen LogP contribution in [0.4, 0.5) is 0 Å². The average Bonchev–Trinajstić information content (AvgIpc) is 2.97. The van der Waals surface area contributed by atoms with Crippen LogP contribution in [-0.2, 0) is 4.79 Å². The van der Waals surface area contributed by atoms with E-state index in [1.54, 1.807) is 0 Å². The molecule has 0 aromatic carbocycles. The zero-order chi connectivity index (χ0) is 11.1. The van der Waals surface area contributed by atoms with E-state index in [9.17, 15) is 4.79 Å². The zero-order valence-corrected chi connectivity index (χ0v) is 9.83. The fourth-order valence-corrected chi connectivity index (χ4v) is 2.50. The van der Waals surface area contributed by atoms with Gasteiger partial charge in [-0.05, 0) is 44.4 Å². The van der Waals surface area contributed by atoms with Gasteiger partial charge < -0.3 is 10.6 Å². The Morgan fingerprint density at radius 3 is 2.27 bits per heavy atom. The molecule has 2 rings (SSSR count). The van der Waals surface area contributed by atoms with Crippen molar-refractivity contribution in [3.8, 4) is 0 Å². The molecule has 0 aromatic heterocycles.